The van der Waals surface area contributed by atoms with Gasteiger partial charge < -0.3 is 9.64 Å². The molecule has 0 bridgehead atoms. The highest BCUT2D eigenvalue weighted by molar-refractivity contribution is 5.75. The molecule has 0 fully saturated rings. The lowest BCUT2D eigenvalue weighted by atomic mass is 10.2. The topological polar surface area (TPSA) is 73.1 Å². The molecule has 7 heteroatoms. The molecule has 0 aliphatic carbocycles. The van der Waals surface area contributed by atoms with Crippen LogP contribution in [0.2, 0.25) is 0 Å². The number of tetrazole rings is 1. The molecule has 0 N–H and O–H groups in total. The maximum Gasteiger partial charge on any atom is 0.246 e. The minimum Gasteiger partial charge on any atom is -0.497 e. The number of rotatable bonds is 6. The first-order chi connectivity index (χ1) is 12.2. The van der Waals surface area contributed by atoms with E-state index in [2.05, 4.69) is 15.4 Å². The van der Waals surface area contributed by atoms with Gasteiger partial charge in [0.2, 0.25) is 11.7 Å². The fourth-order valence-corrected chi connectivity index (χ4v) is 2.39. The summed E-state index contributed by atoms with van der Waals surface area (Å²) in [6.45, 7) is 0.524. The number of hydrogen-bond donors (Lipinski definition) is 0. The molecule has 0 saturated heterocycles. The van der Waals surface area contributed by atoms with Crippen molar-refractivity contribution in [1.82, 2.24) is 25.1 Å². The van der Waals surface area contributed by atoms with Crippen LogP contribution in [0.3, 0.4) is 0 Å². The van der Waals surface area contributed by atoms with Gasteiger partial charge in [-0.05, 0) is 22.9 Å². The molecular formula is C18H19N5O2. The van der Waals surface area contributed by atoms with E-state index in [-0.39, 0.29) is 12.5 Å². The Kier molecular flexibility index (Phi) is 5.03. The lowest BCUT2D eigenvalue weighted by molar-refractivity contribution is -0.131. The zero-order valence-corrected chi connectivity index (χ0v) is 14.2. The normalized spacial score (nSPS) is 10.5. The van der Waals surface area contributed by atoms with Crippen LogP contribution in [0.4, 0.5) is 0 Å². The third-order valence-electron chi connectivity index (χ3n) is 3.74. The number of carbonyl (C=O) groups is 1. The maximum atomic E-state index is 12.4. The van der Waals surface area contributed by atoms with E-state index in [0.29, 0.717) is 12.4 Å². The van der Waals surface area contributed by atoms with Crippen LogP contribution in [0.15, 0.2) is 54.6 Å². The number of hydrogen-bond acceptors (Lipinski definition) is 5. The Morgan fingerprint density at radius 2 is 1.96 bits per heavy atom. The standard InChI is InChI=1S/C18H19N5O2/c1-22(12-14-7-6-10-16(11-14)25-2)17(24)13-23-20-18(19-21-23)15-8-4-3-5-9-15/h3-11H,12-13H2,1-2H3. The molecule has 0 unspecified atom stereocenters. The molecule has 128 valence electrons. The summed E-state index contributed by atoms with van der Waals surface area (Å²) in [5.74, 6) is 1.17. The van der Waals surface area contributed by atoms with Gasteiger partial charge in [0.15, 0.2) is 0 Å². The van der Waals surface area contributed by atoms with Gasteiger partial charge in [-0.1, -0.05) is 42.5 Å². The van der Waals surface area contributed by atoms with Crippen molar-refractivity contribution in [3.63, 3.8) is 0 Å². The summed E-state index contributed by atoms with van der Waals surface area (Å²) in [7, 11) is 3.37. The van der Waals surface area contributed by atoms with E-state index in [1.165, 1.54) is 4.80 Å². The van der Waals surface area contributed by atoms with Gasteiger partial charge >= 0.3 is 0 Å². The van der Waals surface area contributed by atoms with E-state index in [9.17, 15) is 4.79 Å². The molecule has 2 aromatic carbocycles. The second-order valence-corrected chi connectivity index (χ2v) is 5.61. The summed E-state index contributed by atoms with van der Waals surface area (Å²) in [6, 6.07) is 17.2. The van der Waals surface area contributed by atoms with Crippen LogP contribution < -0.4 is 4.74 Å². The van der Waals surface area contributed by atoms with Crippen LogP contribution in [-0.4, -0.2) is 45.2 Å². The van der Waals surface area contributed by atoms with E-state index in [1.54, 1.807) is 19.1 Å². The Morgan fingerprint density at radius 1 is 1.16 bits per heavy atom. The second kappa shape index (κ2) is 7.57. The van der Waals surface area contributed by atoms with Gasteiger partial charge in [0.05, 0.1) is 7.11 Å². The Labute approximate surface area is 145 Å². The molecule has 25 heavy (non-hydrogen) atoms. The van der Waals surface area contributed by atoms with Crippen molar-refractivity contribution in [1.29, 1.82) is 0 Å². The number of benzene rings is 2. The highest BCUT2D eigenvalue weighted by Crippen LogP contribution is 2.14. The van der Waals surface area contributed by atoms with Gasteiger partial charge in [-0.2, -0.15) is 4.80 Å². The molecule has 0 saturated carbocycles. The van der Waals surface area contributed by atoms with Crippen molar-refractivity contribution in [2.24, 2.45) is 0 Å². The van der Waals surface area contributed by atoms with Gasteiger partial charge in [0, 0.05) is 19.2 Å². The first-order valence-corrected chi connectivity index (χ1v) is 7.86. The number of amides is 1. The molecule has 3 rings (SSSR count). The monoisotopic (exact) mass is 337 g/mol. The van der Waals surface area contributed by atoms with Crippen molar-refractivity contribution in [2.45, 2.75) is 13.1 Å². The Bertz CT molecular complexity index is 847. The molecule has 1 aromatic heterocycles. The van der Waals surface area contributed by atoms with Crippen LogP contribution in [0.25, 0.3) is 11.4 Å². The highest BCUT2D eigenvalue weighted by atomic mass is 16.5. The van der Waals surface area contributed by atoms with Crippen LogP contribution in [0.1, 0.15) is 5.56 Å². The number of nitrogens with zero attached hydrogens (tertiary/aromatic N) is 5. The maximum absolute atomic E-state index is 12.4. The van der Waals surface area contributed by atoms with Crippen molar-refractivity contribution in [3.8, 4) is 17.1 Å². The summed E-state index contributed by atoms with van der Waals surface area (Å²) in [5.41, 5.74) is 1.86. The second-order valence-electron chi connectivity index (χ2n) is 5.61. The number of likely N-dealkylation sites (N-methyl/N-ethyl adjacent to an activating group) is 1. The van der Waals surface area contributed by atoms with E-state index in [0.717, 1.165) is 16.9 Å². The minimum atomic E-state index is -0.0974. The lowest BCUT2D eigenvalue weighted by Crippen LogP contribution is -2.30. The van der Waals surface area contributed by atoms with Crippen LogP contribution in [0.5, 0.6) is 5.75 Å². The molecule has 0 aliphatic rings. The smallest absolute Gasteiger partial charge is 0.246 e. The van der Waals surface area contributed by atoms with Gasteiger partial charge in [0.25, 0.3) is 0 Å². The summed E-state index contributed by atoms with van der Waals surface area (Å²) in [5, 5.41) is 12.2. The predicted octanol–water partition coefficient (Wildman–Crippen LogP) is 2.01. The molecule has 1 heterocycles. The lowest BCUT2D eigenvalue weighted by Gasteiger charge is -2.17. The molecule has 0 radical (unpaired) electrons. The van der Waals surface area contributed by atoms with E-state index < -0.39 is 0 Å². The summed E-state index contributed by atoms with van der Waals surface area (Å²) in [4.78, 5) is 15.3. The average molecular weight is 337 g/mol. The van der Waals surface area contributed by atoms with Crippen molar-refractivity contribution in [3.05, 3.63) is 60.2 Å². The van der Waals surface area contributed by atoms with Gasteiger partial charge in [-0.25, -0.2) is 0 Å². The van der Waals surface area contributed by atoms with Crippen LogP contribution in [-0.2, 0) is 17.9 Å². The van der Waals surface area contributed by atoms with E-state index in [1.807, 2.05) is 54.6 Å². The Morgan fingerprint density at radius 3 is 2.72 bits per heavy atom. The van der Waals surface area contributed by atoms with Gasteiger partial charge in [-0.15, -0.1) is 10.2 Å². The minimum absolute atomic E-state index is 0.0420. The largest absolute Gasteiger partial charge is 0.497 e. The molecule has 0 spiro atoms. The Hall–Kier alpha value is -3.22. The fraction of sp³-hybridized carbons (Fsp3) is 0.222. The molecule has 3 aromatic rings. The van der Waals surface area contributed by atoms with Gasteiger partial charge in [-0.3, -0.25) is 4.79 Å². The molecule has 1 amide bonds. The van der Waals surface area contributed by atoms with E-state index >= 15 is 0 Å². The molecule has 0 aliphatic heterocycles. The first kappa shape index (κ1) is 16.6. The number of methoxy groups -OCH3 is 1. The van der Waals surface area contributed by atoms with E-state index in [4.69, 9.17) is 4.74 Å². The zero-order valence-electron chi connectivity index (χ0n) is 14.2. The fourth-order valence-electron chi connectivity index (χ4n) is 2.39. The van der Waals surface area contributed by atoms with Crippen LogP contribution >= 0.6 is 0 Å². The summed E-state index contributed by atoms with van der Waals surface area (Å²) in [6.07, 6.45) is 0. The summed E-state index contributed by atoms with van der Waals surface area (Å²) < 4.78 is 5.20. The third kappa shape index (κ3) is 4.20. The average Bonchev–Trinajstić information content (AvgIpc) is 3.11. The zero-order chi connectivity index (χ0) is 17.6. The van der Waals surface area contributed by atoms with Crippen molar-refractivity contribution < 1.29 is 9.53 Å². The third-order valence-corrected chi connectivity index (χ3v) is 3.74. The quantitative estimate of drug-likeness (QED) is 0.688. The molecule has 7 nitrogen and oxygen atoms in total. The number of ether oxygens (including phenoxy) is 1. The predicted molar refractivity (Wildman–Crippen MR) is 92.7 cm³/mol. The summed E-state index contributed by atoms with van der Waals surface area (Å²) >= 11 is 0. The molecular weight excluding hydrogens is 318 g/mol. The Balaban J connectivity index is 1.62. The van der Waals surface area contributed by atoms with Gasteiger partial charge in [0.1, 0.15) is 12.3 Å². The molecule has 0 atom stereocenters. The first-order valence-electron chi connectivity index (χ1n) is 7.86. The number of aromatic nitrogens is 4. The highest BCUT2D eigenvalue weighted by Gasteiger charge is 2.13. The van der Waals surface area contributed by atoms with Crippen molar-refractivity contribution >= 4 is 5.91 Å². The SMILES string of the molecule is COc1cccc(CN(C)C(=O)Cn2nnc(-c3ccccc3)n2)c1. The van der Waals surface area contributed by atoms with Crippen LogP contribution in [0, 0.1) is 0 Å². The number of carbonyl (C=O) groups excluding carboxylic acids is 1. The van der Waals surface area contributed by atoms with Crippen molar-refractivity contribution in [2.75, 3.05) is 14.2 Å².